The van der Waals surface area contributed by atoms with Crippen molar-refractivity contribution >= 4 is 5.57 Å². The van der Waals surface area contributed by atoms with E-state index >= 15 is 0 Å². The third-order valence-corrected chi connectivity index (χ3v) is 6.11. The number of fused-ring (bicyclic) bond motifs is 2. The van der Waals surface area contributed by atoms with Gasteiger partial charge in [0.1, 0.15) is 23.2 Å². The molecular formula is C24H36O5. The number of phenolic OH excluding ortho intramolecular Hbond substituents is 1. The molecule has 0 fully saturated rings. The van der Waals surface area contributed by atoms with Crippen molar-refractivity contribution in [3.05, 3.63) is 28.8 Å². The van der Waals surface area contributed by atoms with Gasteiger partial charge in [0.2, 0.25) is 0 Å². The van der Waals surface area contributed by atoms with Crippen LogP contribution in [0.5, 0.6) is 11.5 Å². The van der Waals surface area contributed by atoms with Crippen LogP contribution >= 0.6 is 0 Å². The van der Waals surface area contributed by atoms with E-state index in [1.165, 1.54) is 0 Å². The molecular weight excluding hydrogens is 368 g/mol. The van der Waals surface area contributed by atoms with Crippen molar-refractivity contribution < 1.29 is 24.8 Å². The van der Waals surface area contributed by atoms with Gasteiger partial charge < -0.3 is 24.8 Å². The summed E-state index contributed by atoms with van der Waals surface area (Å²) in [6.45, 7) is 9.77. The first-order valence-corrected chi connectivity index (χ1v) is 10.9. The van der Waals surface area contributed by atoms with E-state index in [0.717, 1.165) is 42.4 Å². The molecule has 1 aliphatic carbocycles. The van der Waals surface area contributed by atoms with E-state index < -0.39 is 23.4 Å². The second-order valence-electron chi connectivity index (χ2n) is 9.37. The Balaban J connectivity index is 2.09. The maximum Gasteiger partial charge on any atom is 0.132 e. The van der Waals surface area contributed by atoms with Gasteiger partial charge in [0.15, 0.2) is 0 Å². The summed E-state index contributed by atoms with van der Waals surface area (Å²) in [4.78, 5) is 0. The highest BCUT2D eigenvalue weighted by Gasteiger charge is 2.48. The summed E-state index contributed by atoms with van der Waals surface area (Å²) in [6, 6.07) is 3.83. The number of aliphatic hydroxyl groups is 2. The molecule has 29 heavy (non-hydrogen) atoms. The fourth-order valence-electron chi connectivity index (χ4n) is 4.59. The summed E-state index contributed by atoms with van der Waals surface area (Å²) in [5, 5.41) is 31.8. The highest BCUT2D eigenvalue weighted by molar-refractivity contribution is 5.84. The molecule has 0 radical (unpaired) electrons. The van der Waals surface area contributed by atoms with Crippen molar-refractivity contribution in [2.24, 2.45) is 0 Å². The molecule has 3 N–H and O–H groups in total. The summed E-state index contributed by atoms with van der Waals surface area (Å²) >= 11 is 0. The molecule has 0 saturated heterocycles. The van der Waals surface area contributed by atoms with Gasteiger partial charge in [-0.3, -0.25) is 0 Å². The van der Waals surface area contributed by atoms with Gasteiger partial charge in [0.05, 0.1) is 23.9 Å². The molecule has 5 heteroatoms. The second kappa shape index (κ2) is 8.29. The Bertz CT molecular complexity index is 776. The Morgan fingerprint density at radius 2 is 1.97 bits per heavy atom. The lowest BCUT2D eigenvalue weighted by molar-refractivity contribution is -0.0962. The van der Waals surface area contributed by atoms with E-state index in [-0.39, 0.29) is 12.4 Å². The maximum absolute atomic E-state index is 11.1. The first-order chi connectivity index (χ1) is 13.6. The zero-order chi connectivity index (χ0) is 21.4. The van der Waals surface area contributed by atoms with Gasteiger partial charge in [-0.1, -0.05) is 19.8 Å². The first kappa shape index (κ1) is 22.1. The molecule has 1 heterocycles. The summed E-state index contributed by atoms with van der Waals surface area (Å²) < 4.78 is 12.4. The minimum Gasteiger partial charge on any atom is -0.507 e. The number of unbranched alkanes of at least 4 members (excludes halogenated alkanes) is 2. The molecule has 1 aromatic rings. The molecule has 2 aliphatic rings. The zero-order valence-corrected chi connectivity index (χ0v) is 18.4. The molecule has 0 aromatic heterocycles. The van der Waals surface area contributed by atoms with Crippen LogP contribution in [-0.4, -0.2) is 45.3 Å². The van der Waals surface area contributed by atoms with E-state index in [1.54, 1.807) is 13.8 Å². The number of hydrogen-bond acceptors (Lipinski definition) is 5. The number of aryl methyl sites for hydroxylation is 1. The number of phenols is 1. The number of ether oxygens (including phenoxy) is 2. The molecule has 0 spiro atoms. The van der Waals surface area contributed by atoms with E-state index in [4.69, 9.17) is 9.47 Å². The largest absolute Gasteiger partial charge is 0.507 e. The van der Waals surface area contributed by atoms with Crippen LogP contribution in [0, 0.1) is 0 Å². The van der Waals surface area contributed by atoms with Crippen molar-refractivity contribution in [3.63, 3.8) is 0 Å². The first-order valence-electron chi connectivity index (χ1n) is 10.9. The Kier molecular flexibility index (Phi) is 6.32. The molecule has 1 aromatic carbocycles. The predicted octanol–water partition coefficient (Wildman–Crippen LogP) is 4.36. The fraction of sp³-hybridized carbons (Fsp3) is 0.667. The monoisotopic (exact) mass is 404 g/mol. The van der Waals surface area contributed by atoms with Crippen LogP contribution in [0.15, 0.2) is 17.7 Å². The van der Waals surface area contributed by atoms with Crippen LogP contribution in [0.3, 0.4) is 0 Å². The summed E-state index contributed by atoms with van der Waals surface area (Å²) in [5.74, 6) is 0.809. The third kappa shape index (κ3) is 4.47. The minimum atomic E-state index is -1.09. The van der Waals surface area contributed by atoms with Crippen LogP contribution in [-0.2, 0) is 11.2 Å². The Morgan fingerprint density at radius 1 is 1.24 bits per heavy atom. The molecule has 162 valence electrons. The van der Waals surface area contributed by atoms with Gasteiger partial charge in [-0.15, -0.1) is 0 Å². The molecule has 0 bridgehead atoms. The number of aromatic hydroxyl groups is 1. The van der Waals surface area contributed by atoms with Gasteiger partial charge in [-0.2, -0.15) is 0 Å². The predicted molar refractivity (Wildman–Crippen MR) is 114 cm³/mol. The molecule has 3 atom stereocenters. The average Bonchev–Trinajstić information content (AvgIpc) is 2.59. The number of hydrogen-bond donors (Lipinski definition) is 3. The van der Waals surface area contributed by atoms with Gasteiger partial charge in [0.25, 0.3) is 0 Å². The van der Waals surface area contributed by atoms with E-state index in [0.29, 0.717) is 24.2 Å². The SMILES string of the molecule is CCCCCc1cc(O)c2c(c1)OC(C)(C)C1=C2[C@H](OCC(C)O)[C@@](C)(O)CC1. The van der Waals surface area contributed by atoms with Gasteiger partial charge >= 0.3 is 0 Å². The van der Waals surface area contributed by atoms with Crippen LogP contribution in [0.25, 0.3) is 5.57 Å². The standard InChI is InChI=1S/C24H36O5/c1-6-7-8-9-16-12-18(26)21-19(13-16)29-23(3,4)17-10-11-24(5,27)22(20(17)21)28-14-15(2)25/h12-13,15,22,25-27H,6-11,14H2,1-5H3/t15?,22-,24-/m0/s1. The topological polar surface area (TPSA) is 79.2 Å². The quantitative estimate of drug-likeness (QED) is 0.589. The summed E-state index contributed by atoms with van der Waals surface area (Å²) in [6.07, 6.45) is 4.18. The number of aliphatic hydroxyl groups excluding tert-OH is 1. The average molecular weight is 405 g/mol. The summed E-state index contributed by atoms with van der Waals surface area (Å²) in [7, 11) is 0. The van der Waals surface area contributed by atoms with Crippen molar-refractivity contribution in [3.8, 4) is 11.5 Å². The van der Waals surface area contributed by atoms with Crippen LogP contribution < -0.4 is 4.74 Å². The minimum absolute atomic E-state index is 0.115. The van der Waals surface area contributed by atoms with Gasteiger partial charge in [0, 0.05) is 5.57 Å². The Morgan fingerprint density at radius 3 is 2.62 bits per heavy atom. The highest BCUT2D eigenvalue weighted by Crippen LogP contribution is 2.53. The molecule has 1 unspecified atom stereocenters. The van der Waals surface area contributed by atoms with Crippen LogP contribution in [0.2, 0.25) is 0 Å². The Labute approximate surface area is 174 Å². The van der Waals surface area contributed by atoms with E-state index in [2.05, 4.69) is 6.92 Å². The number of benzene rings is 1. The fourth-order valence-corrected chi connectivity index (χ4v) is 4.59. The van der Waals surface area contributed by atoms with Crippen molar-refractivity contribution in [1.29, 1.82) is 0 Å². The van der Waals surface area contributed by atoms with Gasteiger partial charge in [-0.05, 0) is 76.6 Å². The van der Waals surface area contributed by atoms with Crippen molar-refractivity contribution in [2.75, 3.05) is 6.61 Å². The maximum atomic E-state index is 11.1. The molecule has 0 saturated carbocycles. The van der Waals surface area contributed by atoms with Gasteiger partial charge in [-0.25, -0.2) is 0 Å². The lowest BCUT2D eigenvalue weighted by Crippen LogP contribution is -2.50. The van der Waals surface area contributed by atoms with Crippen molar-refractivity contribution in [1.82, 2.24) is 0 Å². The second-order valence-corrected chi connectivity index (χ2v) is 9.37. The lowest BCUT2D eigenvalue weighted by Gasteiger charge is -2.47. The number of rotatable bonds is 7. The summed E-state index contributed by atoms with van der Waals surface area (Å²) in [5.41, 5.74) is 1.88. The molecule has 3 rings (SSSR count). The van der Waals surface area contributed by atoms with Crippen LogP contribution in [0.4, 0.5) is 0 Å². The highest BCUT2D eigenvalue weighted by atomic mass is 16.5. The Hall–Kier alpha value is -1.56. The van der Waals surface area contributed by atoms with E-state index in [1.807, 2.05) is 26.0 Å². The van der Waals surface area contributed by atoms with Crippen molar-refractivity contribution in [2.45, 2.75) is 96.6 Å². The molecule has 0 amide bonds. The van der Waals surface area contributed by atoms with Crippen LogP contribution in [0.1, 0.15) is 77.8 Å². The lowest BCUT2D eigenvalue weighted by atomic mass is 9.70. The third-order valence-electron chi connectivity index (χ3n) is 6.11. The molecule has 5 nitrogen and oxygen atoms in total. The smallest absolute Gasteiger partial charge is 0.132 e. The molecule has 1 aliphatic heterocycles. The zero-order valence-electron chi connectivity index (χ0n) is 18.4. The normalized spacial score (nSPS) is 26.5. The van der Waals surface area contributed by atoms with E-state index in [9.17, 15) is 15.3 Å².